The van der Waals surface area contributed by atoms with E-state index in [-0.39, 0.29) is 24.0 Å². The number of guanidine groups is 1. The first-order chi connectivity index (χ1) is 11.0. The Bertz CT molecular complexity index is 334. The molecule has 0 saturated carbocycles. The first kappa shape index (κ1) is 23.9. The highest BCUT2D eigenvalue weighted by atomic mass is 127. The highest BCUT2D eigenvalue weighted by Gasteiger charge is 2.21. The molecule has 1 rings (SSSR count). The predicted octanol–water partition coefficient (Wildman–Crippen LogP) is 3.19. The van der Waals surface area contributed by atoms with Crippen LogP contribution in [0.2, 0.25) is 0 Å². The van der Waals surface area contributed by atoms with Crippen LogP contribution in [0.15, 0.2) is 4.99 Å². The molecule has 0 aromatic heterocycles. The molecule has 24 heavy (non-hydrogen) atoms. The molecule has 1 aliphatic heterocycles. The number of nitrogens with zero attached hydrogens (tertiary/aromatic N) is 3. The molecule has 1 heterocycles. The normalized spacial score (nSPS) is 16.9. The molecule has 0 radical (unpaired) electrons. The lowest BCUT2D eigenvalue weighted by Gasteiger charge is -2.34. The second kappa shape index (κ2) is 13.2. The number of hydrogen-bond donors (Lipinski definition) is 1. The van der Waals surface area contributed by atoms with E-state index in [4.69, 9.17) is 4.74 Å². The summed E-state index contributed by atoms with van der Waals surface area (Å²) in [7, 11) is 1.88. The van der Waals surface area contributed by atoms with Gasteiger partial charge in [0.15, 0.2) is 5.96 Å². The zero-order chi connectivity index (χ0) is 17.2. The third-order valence-corrected chi connectivity index (χ3v) is 4.56. The molecule has 1 aliphatic rings. The molecule has 0 aliphatic carbocycles. The van der Waals surface area contributed by atoms with Crippen LogP contribution in [0.4, 0.5) is 0 Å². The topological polar surface area (TPSA) is 40.1 Å². The number of ether oxygens (including phenoxy) is 1. The van der Waals surface area contributed by atoms with Crippen LogP contribution in [0.5, 0.6) is 0 Å². The van der Waals surface area contributed by atoms with Gasteiger partial charge < -0.3 is 15.0 Å². The zero-order valence-corrected chi connectivity index (χ0v) is 18.9. The lowest BCUT2D eigenvalue weighted by Crippen LogP contribution is -2.47. The fraction of sp³-hybridized carbons (Fsp3) is 0.944. The van der Waals surface area contributed by atoms with Crippen molar-refractivity contribution < 1.29 is 4.74 Å². The van der Waals surface area contributed by atoms with Gasteiger partial charge in [-0.2, -0.15) is 0 Å². The molecular formula is C18H39IN4O. The predicted molar refractivity (Wildman–Crippen MR) is 115 cm³/mol. The number of rotatable bonds is 8. The van der Waals surface area contributed by atoms with Crippen molar-refractivity contribution in [2.45, 2.75) is 72.1 Å². The molecule has 5 nitrogen and oxygen atoms in total. The van der Waals surface area contributed by atoms with E-state index >= 15 is 0 Å². The highest BCUT2D eigenvalue weighted by molar-refractivity contribution is 14.0. The third-order valence-electron chi connectivity index (χ3n) is 4.56. The average Bonchev–Trinajstić information content (AvgIpc) is 2.51. The van der Waals surface area contributed by atoms with Crippen LogP contribution in [0, 0.1) is 0 Å². The van der Waals surface area contributed by atoms with Crippen molar-refractivity contribution in [3.63, 3.8) is 0 Å². The molecule has 0 aromatic carbocycles. The average molecular weight is 454 g/mol. The van der Waals surface area contributed by atoms with E-state index in [9.17, 15) is 0 Å². The van der Waals surface area contributed by atoms with Gasteiger partial charge in [0.1, 0.15) is 0 Å². The maximum Gasteiger partial charge on any atom is 0.193 e. The molecular weight excluding hydrogens is 415 g/mol. The van der Waals surface area contributed by atoms with Gasteiger partial charge in [-0.05, 0) is 53.9 Å². The molecule has 6 heteroatoms. The number of aliphatic imine (C=N–C) groups is 1. The summed E-state index contributed by atoms with van der Waals surface area (Å²) in [5.41, 5.74) is 0. The van der Waals surface area contributed by atoms with Gasteiger partial charge in [-0.25, -0.2) is 0 Å². The maximum absolute atomic E-state index is 5.72. The summed E-state index contributed by atoms with van der Waals surface area (Å²) in [4.78, 5) is 9.35. The molecule has 0 aromatic rings. The molecule has 0 bridgehead atoms. The molecule has 1 fully saturated rings. The van der Waals surface area contributed by atoms with Crippen LogP contribution in [0.1, 0.15) is 53.9 Å². The fourth-order valence-electron chi connectivity index (χ4n) is 3.38. The van der Waals surface area contributed by atoms with E-state index < -0.39 is 0 Å². The highest BCUT2D eigenvalue weighted by Crippen LogP contribution is 2.13. The van der Waals surface area contributed by atoms with Gasteiger partial charge in [0.25, 0.3) is 0 Å². The van der Waals surface area contributed by atoms with E-state index in [1.165, 1.54) is 0 Å². The number of halogens is 1. The second-order valence-corrected chi connectivity index (χ2v) is 6.89. The minimum Gasteiger partial charge on any atom is -0.378 e. The van der Waals surface area contributed by atoms with Gasteiger partial charge in [0.05, 0.1) is 6.10 Å². The smallest absolute Gasteiger partial charge is 0.193 e. The number of hydrogen-bond acceptors (Lipinski definition) is 3. The Morgan fingerprint density at radius 3 is 2.25 bits per heavy atom. The summed E-state index contributed by atoms with van der Waals surface area (Å²) in [6.45, 7) is 16.2. The van der Waals surface area contributed by atoms with Crippen LogP contribution in [-0.2, 0) is 4.74 Å². The Kier molecular flexibility index (Phi) is 13.1. The van der Waals surface area contributed by atoms with E-state index in [0.29, 0.717) is 18.2 Å². The summed E-state index contributed by atoms with van der Waals surface area (Å²) in [5.74, 6) is 1.04. The molecule has 0 amide bonds. The largest absolute Gasteiger partial charge is 0.378 e. The van der Waals surface area contributed by atoms with Crippen LogP contribution < -0.4 is 5.32 Å². The Hall–Kier alpha value is -0.0800. The Labute approximate surface area is 166 Å². The first-order valence-electron chi connectivity index (χ1n) is 9.32. The molecule has 0 spiro atoms. The standard InChI is InChI=1S/C18H38N4O.HI/c1-7-23-17-9-13-21(14-10-17)18(19-6)20-11-8-12-22(15(2)3)16(4)5;/h15-17H,7-14H2,1-6H3,(H,19,20);1H. The first-order valence-corrected chi connectivity index (χ1v) is 9.32. The summed E-state index contributed by atoms with van der Waals surface area (Å²) >= 11 is 0. The molecule has 1 N–H and O–H groups in total. The Morgan fingerprint density at radius 1 is 1.21 bits per heavy atom. The lowest BCUT2D eigenvalue weighted by molar-refractivity contribution is 0.0264. The van der Waals surface area contributed by atoms with Gasteiger partial charge >= 0.3 is 0 Å². The SMILES string of the molecule is CCOC1CCN(C(=NC)NCCCN(C(C)C)C(C)C)CC1.I. The quantitative estimate of drug-likeness (QED) is 0.265. The second-order valence-electron chi connectivity index (χ2n) is 6.89. The van der Waals surface area contributed by atoms with Gasteiger partial charge in [-0.15, -0.1) is 24.0 Å². The summed E-state index contributed by atoms with van der Waals surface area (Å²) < 4.78 is 5.72. The maximum atomic E-state index is 5.72. The number of piperidine rings is 1. The number of nitrogens with one attached hydrogen (secondary N) is 1. The fourth-order valence-corrected chi connectivity index (χ4v) is 3.38. The zero-order valence-electron chi connectivity index (χ0n) is 16.5. The minimum atomic E-state index is 0. The van der Waals surface area contributed by atoms with Crippen LogP contribution in [0.3, 0.4) is 0 Å². The van der Waals surface area contributed by atoms with Crippen molar-refractivity contribution in [2.75, 3.05) is 39.8 Å². The Balaban J connectivity index is 0.00000529. The molecule has 1 saturated heterocycles. The van der Waals surface area contributed by atoms with Gasteiger partial charge in [-0.3, -0.25) is 9.89 Å². The van der Waals surface area contributed by atoms with Gasteiger partial charge in [0.2, 0.25) is 0 Å². The monoisotopic (exact) mass is 454 g/mol. The summed E-state index contributed by atoms with van der Waals surface area (Å²) in [6.07, 6.45) is 3.77. The van der Waals surface area contributed by atoms with Crippen molar-refractivity contribution in [3.8, 4) is 0 Å². The molecule has 0 unspecified atom stereocenters. The van der Waals surface area contributed by atoms with Crippen LogP contribution in [0.25, 0.3) is 0 Å². The van der Waals surface area contributed by atoms with Crippen LogP contribution >= 0.6 is 24.0 Å². The van der Waals surface area contributed by atoms with Crippen molar-refractivity contribution >= 4 is 29.9 Å². The van der Waals surface area contributed by atoms with Crippen LogP contribution in [-0.4, -0.2) is 73.8 Å². The van der Waals surface area contributed by atoms with Gasteiger partial charge in [0, 0.05) is 51.9 Å². The molecule has 144 valence electrons. The van der Waals surface area contributed by atoms with E-state index in [0.717, 1.165) is 58.0 Å². The van der Waals surface area contributed by atoms with E-state index in [1.807, 2.05) is 7.05 Å². The van der Waals surface area contributed by atoms with Crippen molar-refractivity contribution in [1.29, 1.82) is 0 Å². The van der Waals surface area contributed by atoms with Crippen molar-refractivity contribution in [1.82, 2.24) is 15.1 Å². The summed E-state index contributed by atoms with van der Waals surface area (Å²) in [6, 6.07) is 1.21. The van der Waals surface area contributed by atoms with Crippen molar-refractivity contribution in [2.24, 2.45) is 4.99 Å². The van der Waals surface area contributed by atoms with Crippen molar-refractivity contribution in [3.05, 3.63) is 0 Å². The minimum absolute atomic E-state index is 0. The Morgan fingerprint density at radius 2 is 1.79 bits per heavy atom. The van der Waals surface area contributed by atoms with Gasteiger partial charge in [-0.1, -0.05) is 0 Å². The van der Waals surface area contributed by atoms with E-state index in [2.05, 4.69) is 54.7 Å². The number of likely N-dealkylation sites (tertiary alicyclic amines) is 1. The third kappa shape index (κ3) is 8.34. The lowest BCUT2D eigenvalue weighted by atomic mass is 10.1. The summed E-state index contributed by atoms with van der Waals surface area (Å²) in [5, 5.41) is 3.53. The van der Waals surface area contributed by atoms with E-state index in [1.54, 1.807) is 0 Å². The molecule has 0 atom stereocenters.